The highest BCUT2D eigenvalue weighted by Gasteiger charge is 2.07. The standard InChI is InChI=1S/C18H27N3O3/c1-5-24-17(22)7-6-10-20-18(23)13(2)11-14-8-9-15(21(3)4)12-16(14)19/h8-9,11-12H,5-7,10,19H2,1-4H3,(H,20,23). The molecular weight excluding hydrogens is 306 g/mol. The molecule has 1 aromatic rings. The van der Waals surface area contributed by atoms with Gasteiger partial charge < -0.3 is 20.7 Å². The number of ether oxygens (including phenoxy) is 1. The molecule has 0 aliphatic rings. The van der Waals surface area contributed by atoms with Crippen LogP contribution in [0.15, 0.2) is 23.8 Å². The normalized spacial score (nSPS) is 11.1. The number of nitrogen functional groups attached to an aromatic ring is 1. The van der Waals surface area contributed by atoms with E-state index in [4.69, 9.17) is 10.5 Å². The fraction of sp³-hybridized carbons (Fsp3) is 0.444. The molecule has 0 heterocycles. The van der Waals surface area contributed by atoms with Crippen LogP contribution in [0.2, 0.25) is 0 Å². The minimum absolute atomic E-state index is 0.171. The van der Waals surface area contributed by atoms with Crippen molar-refractivity contribution in [2.24, 2.45) is 0 Å². The van der Waals surface area contributed by atoms with Crippen LogP contribution in [-0.2, 0) is 14.3 Å². The van der Waals surface area contributed by atoms with Crippen molar-refractivity contribution in [3.05, 3.63) is 29.3 Å². The van der Waals surface area contributed by atoms with Crippen LogP contribution in [0.4, 0.5) is 11.4 Å². The maximum Gasteiger partial charge on any atom is 0.305 e. The summed E-state index contributed by atoms with van der Waals surface area (Å²) in [6, 6.07) is 5.71. The Morgan fingerprint density at radius 1 is 1.33 bits per heavy atom. The molecule has 0 unspecified atom stereocenters. The van der Waals surface area contributed by atoms with E-state index in [-0.39, 0.29) is 11.9 Å². The van der Waals surface area contributed by atoms with Crippen LogP contribution >= 0.6 is 0 Å². The summed E-state index contributed by atoms with van der Waals surface area (Å²) < 4.78 is 4.83. The van der Waals surface area contributed by atoms with Crippen molar-refractivity contribution in [1.82, 2.24) is 5.32 Å². The molecule has 6 heteroatoms. The van der Waals surface area contributed by atoms with Crippen molar-refractivity contribution >= 4 is 29.3 Å². The lowest BCUT2D eigenvalue weighted by Gasteiger charge is -2.14. The summed E-state index contributed by atoms with van der Waals surface area (Å²) in [6.07, 6.45) is 2.61. The summed E-state index contributed by atoms with van der Waals surface area (Å²) in [5.41, 5.74) is 9.03. The third-order valence-corrected chi connectivity index (χ3v) is 3.47. The van der Waals surface area contributed by atoms with Gasteiger partial charge in [0, 0.05) is 44.0 Å². The van der Waals surface area contributed by atoms with Crippen molar-refractivity contribution in [1.29, 1.82) is 0 Å². The first-order valence-corrected chi connectivity index (χ1v) is 8.04. The summed E-state index contributed by atoms with van der Waals surface area (Å²) in [5.74, 6) is -0.414. The highest BCUT2D eigenvalue weighted by molar-refractivity contribution is 5.98. The van der Waals surface area contributed by atoms with Gasteiger partial charge in [0.1, 0.15) is 0 Å². The van der Waals surface area contributed by atoms with Gasteiger partial charge in [0.15, 0.2) is 0 Å². The van der Waals surface area contributed by atoms with E-state index in [0.29, 0.717) is 37.3 Å². The SMILES string of the molecule is CCOC(=O)CCCNC(=O)C(C)=Cc1ccc(N(C)C)cc1N. The van der Waals surface area contributed by atoms with Gasteiger partial charge in [-0.05, 0) is 44.0 Å². The van der Waals surface area contributed by atoms with Gasteiger partial charge in [-0.2, -0.15) is 0 Å². The van der Waals surface area contributed by atoms with Crippen LogP contribution in [0.1, 0.15) is 32.3 Å². The number of rotatable bonds is 8. The van der Waals surface area contributed by atoms with E-state index in [1.54, 1.807) is 19.9 Å². The molecule has 1 rings (SSSR count). The number of carbonyl (C=O) groups excluding carboxylic acids is 2. The Hall–Kier alpha value is -2.50. The molecule has 0 fully saturated rings. The van der Waals surface area contributed by atoms with E-state index in [1.807, 2.05) is 37.2 Å². The van der Waals surface area contributed by atoms with E-state index in [1.165, 1.54) is 0 Å². The van der Waals surface area contributed by atoms with Gasteiger partial charge >= 0.3 is 5.97 Å². The molecule has 0 spiro atoms. The molecule has 132 valence electrons. The minimum Gasteiger partial charge on any atom is -0.466 e. The van der Waals surface area contributed by atoms with Crippen LogP contribution in [0.3, 0.4) is 0 Å². The Morgan fingerprint density at radius 3 is 2.62 bits per heavy atom. The molecule has 3 N–H and O–H groups in total. The Morgan fingerprint density at radius 2 is 2.04 bits per heavy atom. The van der Waals surface area contributed by atoms with Crippen molar-refractivity contribution in [2.75, 3.05) is 37.9 Å². The summed E-state index contributed by atoms with van der Waals surface area (Å²) in [5, 5.41) is 2.79. The molecule has 0 saturated carbocycles. The molecule has 1 aromatic carbocycles. The van der Waals surface area contributed by atoms with Crippen molar-refractivity contribution < 1.29 is 14.3 Å². The van der Waals surface area contributed by atoms with Crippen molar-refractivity contribution in [2.45, 2.75) is 26.7 Å². The van der Waals surface area contributed by atoms with Crippen molar-refractivity contribution in [3.63, 3.8) is 0 Å². The second-order valence-electron chi connectivity index (χ2n) is 5.70. The molecule has 0 aliphatic carbocycles. The molecule has 6 nitrogen and oxygen atoms in total. The van der Waals surface area contributed by atoms with Gasteiger partial charge in [0.2, 0.25) is 5.91 Å². The maximum absolute atomic E-state index is 12.1. The number of hydrogen-bond acceptors (Lipinski definition) is 5. The molecule has 24 heavy (non-hydrogen) atoms. The number of nitrogens with one attached hydrogen (secondary N) is 1. The van der Waals surface area contributed by atoms with Gasteiger partial charge in [-0.15, -0.1) is 0 Å². The summed E-state index contributed by atoms with van der Waals surface area (Å²) >= 11 is 0. The molecule has 1 amide bonds. The maximum atomic E-state index is 12.1. The third-order valence-electron chi connectivity index (χ3n) is 3.47. The van der Waals surface area contributed by atoms with Crippen LogP contribution in [-0.4, -0.2) is 39.1 Å². The zero-order valence-corrected chi connectivity index (χ0v) is 14.9. The fourth-order valence-corrected chi connectivity index (χ4v) is 2.08. The number of anilines is 2. The average molecular weight is 333 g/mol. The largest absolute Gasteiger partial charge is 0.466 e. The number of carbonyl (C=O) groups is 2. The first-order valence-electron chi connectivity index (χ1n) is 8.04. The lowest BCUT2D eigenvalue weighted by Crippen LogP contribution is -2.25. The van der Waals surface area contributed by atoms with Gasteiger partial charge in [-0.25, -0.2) is 0 Å². The zero-order chi connectivity index (χ0) is 18.1. The quantitative estimate of drug-likeness (QED) is 0.330. The highest BCUT2D eigenvalue weighted by atomic mass is 16.5. The number of nitrogens with zero attached hydrogens (tertiary/aromatic N) is 1. The van der Waals surface area contributed by atoms with Crippen LogP contribution < -0.4 is 16.0 Å². The molecule has 0 bridgehead atoms. The van der Waals surface area contributed by atoms with Gasteiger partial charge in [0.05, 0.1) is 6.61 Å². The number of benzene rings is 1. The summed E-state index contributed by atoms with van der Waals surface area (Å²) in [7, 11) is 3.89. The molecule has 0 saturated heterocycles. The third kappa shape index (κ3) is 6.32. The van der Waals surface area contributed by atoms with E-state index in [9.17, 15) is 9.59 Å². The molecular formula is C18H27N3O3. The number of nitrogens with two attached hydrogens (primary N) is 1. The smallest absolute Gasteiger partial charge is 0.305 e. The lowest BCUT2D eigenvalue weighted by atomic mass is 10.1. The summed E-state index contributed by atoms with van der Waals surface area (Å²) in [4.78, 5) is 25.2. The zero-order valence-electron chi connectivity index (χ0n) is 14.9. The first kappa shape index (κ1) is 19.5. The number of hydrogen-bond donors (Lipinski definition) is 2. The lowest BCUT2D eigenvalue weighted by molar-refractivity contribution is -0.143. The van der Waals surface area contributed by atoms with Crippen LogP contribution in [0.5, 0.6) is 0 Å². The predicted molar refractivity (Wildman–Crippen MR) is 97.7 cm³/mol. The van der Waals surface area contributed by atoms with E-state index in [0.717, 1.165) is 11.3 Å². The van der Waals surface area contributed by atoms with Gasteiger partial charge in [-0.1, -0.05) is 6.07 Å². The average Bonchev–Trinajstić information content (AvgIpc) is 2.53. The van der Waals surface area contributed by atoms with Crippen LogP contribution in [0.25, 0.3) is 6.08 Å². The highest BCUT2D eigenvalue weighted by Crippen LogP contribution is 2.22. The van der Waals surface area contributed by atoms with Crippen molar-refractivity contribution in [3.8, 4) is 0 Å². The van der Waals surface area contributed by atoms with Gasteiger partial charge in [0.25, 0.3) is 0 Å². The van der Waals surface area contributed by atoms with Crippen LogP contribution in [0, 0.1) is 0 Å². The Balaban J connectivity index is 2.56. The molecule has 0 atom stereocenters. The fourth-order valence-electron chi connectivity index (χ4n) is 2.08. The monoisotopic (exact) mass is 333 g/mol. The predicted octanol–water partition coefficient (Wildman–Crippen LogP) is 2.20. The molecule has 0 aromatic heterocycles. The minimum atomic E-state index is -0.243. The topological polar surface area (TPSA) is 84.7 Å². The summed E-state index contributed by atoms with van der Waals surface area (Å²) in [6.45, 7) is 4.31. The van der Waals surface area contributed by atoms with E-state index >= 15 is 0 Å². The second kappa shape index (κ2) is 9.60. The molecule has 0 aliphatic heterocycles. The molecule has 0 radical (unpaired) electrons. The second-order valence-corrected chi connectivity index (χ2v) is 5.70. The van der Waals surface area contributed by atoms with E-state index < -0.39 is 0 Å². The Labute approximate surface area is 143 Å². The van der Waals surface area contributed by atoms with Gasteiger partial charge in [-0.3, -0.25) is 9.59 Å². The Kier molecular flexibility index (Phi) is 7.82. The number of amides is 1. The van der Waals surface area contributed by atoms with E-state index in [2.05, 4.69) is 5.32 Å². The number of esters is 1. The Bertz CT molecular complexity index is 610. The first-order chi connectivity index (χ1) is 11.3.